The maximum absolute atomic E-state index is 5.10. The van der Waals surface area contributed by atoms with E-state index in [1.807, 2.05) is 12.4 Å². The Morgan fingerprint density at radius 2 is 0.757 bits per heavy atom. The Morgan fingerprint density at radius 1 is 0.329 bits per heavy atom. The highest BCUT2D eigenvalue weighted by Crippen LogP contribution is 2.63. The molecule has 0 fully saturated rings. The fourth-order valence-electron chi connectivity index (χ4n) is 11.5. The Kier molecular flexibility index (Phi) is 9.04. The van der Waals surface area contributed by atoms with Crippen molar-refractivity contribution in [1.29, 1.82) is 0 Å². The summed E-state index contributed by atoms with van der Waals surface area (Å²) in [5.74, 6) is 0. The second kappa shape index (κ2) is 15.9. The third-order valence-corrected chi connectivity index (χ3v) is 14.5. The number of para-hydroxylation sites is 5. The molecule has 70 heavy (non-hydrogen) atoms. The number of aromatic nitrogens is 3. The van der Waals surface area contributed by atoms with Gasteiger partial charge in [0.2, 0.25) is 0 Å². The van der Waals surface area contributed by atoms with Gasteiger partial charge in [-0.1, -0.05) is 140 Å². The predicted molar refractivity (Wildman–Crippen MR) is 287 cm³/mol. The molecule has 328 valence electrons. The zero-order valence-electron chi connectivity index (χ0n) is 38.1. The van der Waals surface area contributed by atoms with Gasteiger partial charge in [-0.2, -0.15) is 0 Å². The first-order valence-corrected chi connectivity index (χ1v) is 23.9. The molecule has 4 heterocycles. The largest absolute Gasteiger partial charge is 0.311 e. The van der Waals surface area contributed by atoms with Crippen LogP contribution in [-0.2, 0) is 5.41 Å². The van der Waals surface area contributed by atoms with Crippen molar-refractivity contribution in [3.63, 3.8) is 0 Å². The summed E-state index contributed by atoms with van der Waals surface area (Å²) in [6, 6.07) is 90.2. The summed E-state index contributed by atoms with van der Waals surface area (Å²) >= 11 is 0. The Morgan fingerprint density at radius 3 is 1.27 bits per heavy atom. The van der Waals surface area contributed by atoms with Crippen LogP contribution < -0.4 is 9.80 Å². The first-order chi connectivity index (χ1) is 34.7. The molecule has 14 rings (SSSR count). The second-order valence-corrected chi connectivity index (χ2v) is 18.2. The standard InChI is InChI=1S/C65H43N5/c1-4-16-48(17-5-1)68(49-18-6-2-7-19-49)51-34-28-44(29-35-51)46-32-38-61-57(42-46)65(55-24-14-40-66-63(55)64-56(65)25-15-41-67-64)58-43-47(33-39-62(58)70(61)50-20-8-3-9-21-50)45-30-36-52(37-31-45)69-59-26-12-10-22-53(59)54-23-11-13-27-60(54)69/h1-43H. The van der Waals surface area contributed by atoms with E-state index in [1.54, 1.807) is 0 Å². The lowest BCUT2D eigenvalue weighted by atomic mass is 9.64. The van der Waals surface area contributed by atoms with Gasteiger partial charge in [0.15, 0.2) is 0 Å². The molecule has 0 saturated heterocycles. The van der Waals surface area contributed by atoms with E-state index >= 15 is 0 Å². The normalized spacial score (nSPS) is 12.9. The van der Waals surface area contributed by atoms with Crippen LogP contribution in [0.3, 0.4) is 0 Å². The Hall–Kier alpha value is -9.32. The Bertz CT molecular complexity index is 3800. The Labute approximate surface area is 406 Å². The zero-order valence-corrected chi connectivity index (χ0v) is 38.1. The smallest absolute Gasteiger partial charge is 0.0937 e. The average Bonchev–Trinajstić information content (AvgIpc) is 3.93. The van der Waals surface area contributed by atoms with Crippen LogP contribution in [0, 0.1) is 0 Å². The highest BCUT2D eigenvalue weighted by molar-refractivity contribution is 6.09. The number of nitrogens with zero attached hydrogens (tertiary/aromatic N) is 5. The third-order valence-electron chi connectivity index (χ3n) is 14.5. The molecule has 12 aromatic rings. The van der Waals surface area contributed by atoms with Crippen LogP contribution in [0.25, 0.3) is 61.1 Å². The molecule has 5 heteroatoms. The number of rotatable bonds is 7. The van der Waals surface area contributed by atoms with E-state index in [1.165, 1.54) is 32.9 Å². The molecule has 0 radical (unpaired) electrons. The van der Waals surface area contributed by atoms with Crippen LogP contribution in [0.4, 0.5) is 34.1 Å². The number of hydrogen-bond acceptors (Lipinski definition) is 4. The molecule has 2 aliphatic rings. The van der Waals surface area contributed by atoms with E-state index in [9.17, 15) is 0 Å². The van der Waals surface area contributed by atoms with Gasteiger partial charge in [-0.05, 0) is 154 Å². The van der Waals surface area contributed by atoms with Crippen molar-refractivity contribution in [3.8, 4) is 39.3 Å². The zero-order chi connectivity index (χ0) is 46.2. The van der Waals surface area contributed by atoms with Gasteiger partial charge in [0.1, 0.15) is 0 Å². The van der Waals surface area contributed by atoms with Gasteiger partial charge in [0.05, 0.1) is 39.2 Å². The molecule has 0 saturated carbocycles. The molecule has 5 nitrogen and oxygen atoms in total. The minimum absolute atomic E-state index is 0.741. The highest BCUT2D eigenvalue weighted by atomic mass is 15.2. The molecule has 1 spiro atoms. The highest BCUT2D eigenvalue weighted by Gasteiger charge is 2.53. The summed E-state index contributed by atoms with van der Waals surface area (Å²) in [7, 11) is 0. The maximum Gasteiger partial charge on any atom is 0.0937 e. The summed E-state index contributed by atoms with van der Waals surface area (Å²) in [6.07, 6.45) is 3.80. The monoisotopic (exact) mass is 893 g/mol. The molecule has 1 aliphatic carbocycles. The third kappa shape index (κ3) is 5.98. The van der Waals surface area contributed by atoms with Gasteiger partial charge in [-0.25, -0.2) is 0 Å². The fraction of sp³-hybridized carbons (Fsp3) is 0.0154. The van der Waals surface area contributed by atoms with E-state index in [0.717, 1.165) is 84.6 Å². The number of anilines is 6. The van der Waals surface area contributed by atoms with Crippen LogP contribution in [0.1, 0.15) is 22.3 Å². The van der Waals surface area contributed by atoms with Gasteiger partial charge in [-0.3, -0.25) is 9.97 Å². The number of pyridine rings is 2. The molecular formula is C65H43N5. The van der Waals surface area contributed by atoms with E-state index < -0.39 is 5.41 Å². The van der Waals surface area contributed by atoms with Crippen LogP contribution >= 0.6 is 0 Å². The van der Waals surface area contributed by atoms with Gasteiger partial charge < -0.3 is 14.4 Å². The molecule has 0 N–H and O–H groups in total. The summed E-state index contributed by atoms with van der Waals surface area (Å²) in [4.78, 5) is 15.0. The van der Waals surface area contributed by atoms with Crippen molar-refractivity contribution < 1.29 is 0 Å². The van der Waals surface area contributed by atoms with Crippen molar-refractivity contribution in [2.24, 2.45) is 0 Å². The summed E-state index contributed by atoms with van der Waals surface area (Å²) in [6.45, 7) is 0. The van der Waals surface area contributed by atoms with E-state index in [4.69, 9.17) is 9.97 Å². The number of benzene rings is 9. The minimum Gasteiger partial charge on any atom is -0.311 e. The van der Waals surface area contributed by atoms with E-state index in [2.05, 4.69) is 263 Å². The second-order valence-electron chi connectivity index (χ2n) is 18.2. The van der Waals surface area contributed by atoms with Gasteiger partial charge in [0, 0.05) is 51.6 Å². The summed E-state index contributed by atoms with van der Waals surface area (Å²) < 4.78 is 2.38. The lowest BCUT2D eigenvalue weighted by molar-refractivity contribution is 0.750. The van der Waals surface area contributed by atoms with Gasteiger partial charge in [0.25, 0.3) is 0 Å². The van der Waals surface area contributed by atoms with Crippen molar-refractivity contribution in [1.82, 2.24) is 14.5 Å². The molecule has 3 aromatic heterocycles. The van der Waals surface area contributed by atoms with E-state index in [0.29, 0.717) is 0 Å². The van der Waals surface area contributed by atoms with Gasteiger partial charge in [-0.15, -0.1) is 0 Å². The topological polar surface area (TPSA) is 37.2 Å². The van der Waals surface area contributed by atoms with Crippen LogP contribution in [0.2, 0.25) is 0 Å². The summed E-state index contributed by atoms with van der Waals surface area (Å²) in [5.41, 5.74) is 20.4. The Balaban J connectivity index is 0.962. The van der Waals surface area contributed by atoms with Crippen LogP contribution in [-0.4, -0.2) is 14.5 Å². The number of hydrogen-bond donors (Lipinski definition) is 0. The van der Waals surface area contributed by atoms with Crippen molar-refractivity contribution in [2.45, 2.75) is 5.41 Å². The average molecular weight is 894 g/mol. The maximum atomic E-state index is 5.10. The first-order valence-electron chi connectivity index (χ1n) is 23.9. The molecule has 0 bridgehead atoms. The molecule has 0 unspecified atom stereocenters. The van der Waals surface area contributed by atoms with E-state index in [-0.39, 0.29) is 0 Å². The molecule has 0 amide bonds. The minimum atomic E-state index is -0.741. The predicted octanol–water partition coefficient (Wildman–Crippen LogP) is 16.5. The van der Waals surface area contributed by atoms with Crippen molar-refractivity contribution >= 4 is 55.9 Å². The quantitative estimate of drug-likeness (QED) is 0.160. The molecule has 0 atom stereocenters. The van der Waals surface area contributed by atoms with Crippen molar-refractivity contribution in [2.75, 3.05) is 9.80 Å². The van der Waals surface area contributed by atoms with Crippen LogP contribution in [0.15, 0.2) is 261 Å². The lowest BCUT2D eigenvalue weighted by Crippen LogP contribution is -2.36. The lowest BCUT2D eigenvalue weighted by Gasteiger charge is -2.45. The molecular weight excluding hydrogens is 851 g/mol. The molecule has 9 aromatic carbocycles. The first kappa shape index (κ1) is 39.8. The van der Waals surface area contributed by atoms with Gasteiger partial charge >= 0.3 is 0 Å². The number of fused-ring (bicyclic) bond motifs is 12. The molecule has 1 aliphatic heterocycles. The fourth-order valence-corrected chi connectivity index (χ4v) is 11.5. The summed E-state index contributed by atoms with van der Waals surface area (Å²) in [5, 5.41) is 2.51. The van der Waals surface area contributed by atoms with Crippen LogP contribution in [0.5, 0.6) is 0 Å². The van der Waals surface area contributed by atoms with Crippen molar-refractivity contribution in [3.05, 3.63) is 283 Å². The SMILES string of the molecule is c1ccc(N(c2ccccc2)c2ccc(-c3ccc4c(c3)C3(c5cc(-c6ccc(-n7c8ccccc8c8ccccc87)cc6)ccc5N4c4ccccc4)c4cccnc4-c4ncccc43)cc2)cc1.